The van der Waals surface area contributed by atoms with E-state index in [-0.39, 0.29) is 24.4 Å². The van der Waals surface area contributed by atoms with Gasteiger partial charge in [-0.15, -0.1) is 12.4 Å². The van der Waals surface area contributed by atoms with Crippen LogP contribution in [0, 0.1) is 0 Å². The van der Waals surface area contributed by atoms with Gasteiger partial charge in [-0.25, -0.2) is 4.98 Å². The Labute approximate surface area is 154 Å². The van der Waals surface area contributed by atoms with Gasteiger partial charge in [-0.2, -0.15) is 0 Å². The Bertz CT molecular complexity index is 707. The highest BCUT2D eigenvalue weighted by molar-refractivity contribution is 9.10. The van der Waals surface area contributed by atoms with Gasteiger partial charge in [-0.05, 0) is 18.2 Å². The van der Waals surface area contributed by atoms with Crippen LogP contribution in [-0.4, -0.2) is 40.0 Å². The molecular weight excluding hydrogens is 403 g/mol. The zero-order valence-corrected chi connectivity index (χ0v) is 15.7. The second-order valence-corrected chi connectivity index (χ2v) is 6.56. The number of aryl methyl sites for hydroxylation is 1. The maximum atomic E-state index is 12.9. The van der Waals surface area contributed by atoms with Crippen molar-refractivity contribution in [1.82, 2.24) is 19.8 Å². The van der Waals surface area contributed by atoms with E-state index in [1.54, 1.807) is 18.3 Å². The number of carbonyl (C=O) groups excluding carboxylic acids is 1. The van der Waals surface area contributed by atoms with E-state index in [1.165, 1.54) is 0 Å². The number of aromatic nitrogens is 2. The summed E-state index contributed by atoms with van der Waals surface area (Å²) in [6, 6.07) is 5.22. The molecular formula is C15H17BrCl2N4O. The maximum absolute atomic E-state index is 12.9. The Balaban J connectivity index is 0.00000192. The molecule has 0 bridgehead atoms. The number of rotatable bonds is 2. The quantitative estimate of drug-likeness (QED) is 0.813. The SMILES string of the molecule is Cl.Cn1ccnc1C1CNCCN1C(=O)c1cc(Br)ccc1Cl. The minimum absolute atomic E-state index is 0. The van der Waals surface area contributed by atoms with Crippen molar-refractivity contribution in [2.24, 2.45) is 7.05 Å². The Morgan fingerprint density at radius 1 is 1.48 bits per heavy atom. The highest BCUT2D eigenvalue weighted by Crippen LogP contribution is 2.27. The molecule has 1 N–H and O–H groups in total. The first-order valence-electron chi connectivity index (χ1n) is 7.02. The molecule has 1 amide bonds. The molecule has 0 spiro atoms. The lowest BCUT2D eigenvalue weighted by atomic mass is 10.1. The van der Waals surface area contributed by atoms with E-state index in [0.29, 0.717) is 23.7 Å². The van der Waals surface area contributed by atoms with E-state index >= 15 is 0 Å². The zero-order valence-electron chi connectivity index (χ0n) is 12.5. The smallest absolute Gasteiger partial charge is 0.256 e. The molecule has 1 atom stereocenters. The van der Waals surface area contributed by atoms with Crippen molar-refractivity contribution < 1.29 is 4.79 Å². The van der Waals surface area contributed by atoms with Crippen LogP contribution in [0.5, 0.6) is 0 Å². The molecule has 2 heterocycles. The summed E-state index contributed by atoms with van der Waals surface area (Å²) in [5, 5.41) is 3.79. The van der Waals surface area contributed by atoms with E-state index in [2.05, 4.69) is 26.2 Å². The maximum Gasteiger partial charge on any atom is 0.256 e. The molecule has 0 radical (unpaired) electrons. The third-order valence-electron chi connectivity index (χ3n) is 3.82. The fourth-order valence-corrected chi connectivity index (χ4v) is 3.25. The molecule has 1 aliphatic heterocycles. The fraction of sp³-hybridized carbons (Fsp3) is 0.333. The van der Waals surface area contributed by atoms with Crippen molar-refractivity contribution in [1.29, 1.82) is 0 Å². The first-order valence-corrected chi connectivity index (χ1v) is 8.19. The molecule has 1 fully saturated rings. The van der Waals surface area contributed by atoms with Crippen LogP contribution < -0.4 is 5.32 Å². The number of halogens is 3. The number of benzene rings is 1. The molecule has 3 rings (SSSR count). The summed E-state index contributed by atoms with van der Waals surface area (Å²) in [5.74, 6) is 0.799. The highest BCUT2D eigenvalue weighted by atomic mass is 79.9. The monoisotopic (exact) mass is 418 g/mol. The number of piperazine rings is 1. The van der Waals surface area contributed by atoms with Crippen molar-refractivity contribution in [3.05, 3.63) is 51.5 Å². The molecule has 1 aliphatic rings. The lowest BCUT2D eigenvalue weighted by Gasteiger charge is -2.36. The van der Waals surface area contributed by atoms with Crippen LogP contribution in [0.15, 0.2) is 35.1 Å². The van der Waals surface area contributed by atoms with Crippen LogP contribution in [0.1, 0.15) is 22.2 Å². The van der Waals surface area contributed by atoms with Gasteiger partial charge in [0, 0.05) is 43.5 Å². The molecule has 1 saturated heterocycles. The van der Waals surface area contributed by atoms with Crippen LogP contribution in [0.4, 0.5) is 0 Å². The van der Waals surface area contributed by atoms with Gasteiger partial charge in [0.15, 0.2) is 0 Å². The van der Waals surface area contributed by atoms with E-state index in [4.69, 9.17) is 11.6 Å². The molecule has 5 nitrogen and oxygen atoms in total. The number of carbonyl (C=O) groups is 1. The summed E-state index contributed by atoms with van der Waals surface area (Å²) in [6.45, 7) is 2.07. The number of nitrogens with one attached hydrogen (secondary N) is 1. The normalized spacial score (nSPS) is 17.7. The van der Waals surface area contributed by atoms with Gasteiger partial charge in [0.05, 0.1) is 10.6 Å². The first-order chi connectivity index (χ1) is 10.6. The predicted molar refractivity (Wildman–Crippen MR) is 96.3 cm³/mol. The molecule has 124 valence electrons. The Morgan fingerprint density at radius 3 is 2.96 bits per heavy atom. The van der Waals surface area contributed by atoms with Gasteiger partial charge < -0.3 is 14.8 Å². The van der Waals surface area contributed by atoms with Crippen molar-refractivity contribution in [2.75, 3.05) is 19.6 Å². The Kier molecular flexibility index (Phi) is 6.08. The minimum Gasteiger partial charge on any atom is -0.336 e. The van der Waals surface area contributed by atoms with Gasteiger partial charge in [0.25, 0.3) is 5.91 Å². The van der Waals surface area contributed by atoms with Crippen molar-refractivity contribution in [2.45, 2.75) is 6.04 Å². The molecule has 8 heteroatoms. The van der Waals surface area contributed by atoms with Gasteiger partial charge in [0.2, 0.25) is 0 Å². The van der Waals surface area contributed by atoms with E-state index in [0.717, 1.165) is 16.8 Å². The second kappa shape index (κ2) is 7.66. The topological polar surface area (TPSA) is 50.2 Å². The largest absolute Gasteiger partial charge is 0.336 e. The van der Waals surface area contributed by atoms with Gasteiger partial charge in [-0.3, -0.25) is 4.79 Å². The number of amides is 1. The molecule has 0 aliphatic carbocycles. The molecule has 1 unspecified atom stereocenters. The van der Waals surface area contributed by atoms with Crippen molar-refractivity contribution >= 4 is 45.8 Å². The summed E-state index contributed by atoms with van der Waals surface area (Å²) in [7, 11) is 1.94. The van der Waals surface area contributed by atoms with E-state index < -0.39 is 0 Å². The summed E-state index contributed by atoms with van der Waals surface area (Å²) < 4.78 is 2.78. The summed E-state index contributed by atoms with van der Waals surface area (Å²) in [4.78, 5) is 19.2. The number of hydrogen-bond donors (Lipinski definition) is 1. The minimum atomic E-state index is -0.101. The summed E-state index contributed by atoms with van der Waals surface area (Å²) in [6.07, 6.45) is 3.64. The Hall–Kier alpha value is -1.08. The van der Waals surface area contributed by atoms with E-state index in [9.17, 15) is 4.79 Å². The average Bonchev–Trinajstić information content (AvgIpc) is 2.95. The van der Waals surface area contributed by atoms with Gasteiger partial charge in [0.1, 0.15) is 11.9 Å². The fourth-order valence-electron chi connectivity index (χ4n) is 2.69. The van der Waals surface area contributed by atoms with Crippen LogP contribution in [0.3, 0.4) is 0 Å². The second-order valence-electron chi connectivity index (χ2n) is 5.24. The molecule has 2 aromatic rings. The number of hydrogen-bond acceptors (Lipinski definition) is 3. The van der Waals surface area contributed by atoms with Crippen LogP contribution >= 0.6 is 39.9 Å². The summed E-state index contributed by atoms with van der Waals surface area (Å²) in [5.41, 5.74) is 0.511. The third kappa shape index (κ3) is 3.71. The molecule has 1 aromatic carbocycles. The average molecular weight is 420 g/mol. The standard InChI is InChI=1S/C15H16BrClN4O.ClH/c1-20-6-5-19-14(20)13-9-18-4-7-21(13)15(22)11-8-10(16)2-3-12(11)17;/h2-3,5-6,8,13,18H,4,7,9H2,1H3;1H. The van der Waals surface area contributed by atoms with E-state index in [1.807, 2.05) is 28.8 Å². The molecule has 23 heavy (non-hydrogen) atoms. The molecule has 1 aromatic heterocycles. The van der Waals surface area contributed by atoms with Crippen molar-refractivity contribution in [3.8, 4) is 0 Å². The first kappa shape index (κ1) is 18.3. The lowest BCUT2D eigenvalue weighted by molar-refractivity contribution is 0.0621. The van der Waals surface area contributed by atoms with Crippen LogP contribution in [-0.2, 0) is 7.05 Å². The molecule has 0 saturated carbocycles. The van der Waals surface area contributed by atoms with Crippen LogP contribution in [0.25, 0.3) is 0 Å². The van der Waals surface area contributed by atoms with Gasteiger partial charge in [-0.1, -0.05) is 27.5 Å². The highest BCUT2D eigenvalue weighted by Gasteiger charge is 2.31. The van der Waals surface area contributed by atoms with Gasteiger partial charge >= 0.3 is 0 Å². The Morgan fingerprint density at radius 2 is 2.26 bits per heavy atom. The van der Waals surface area contributed by atoms with Crippen LogP contribution in [0.2, 0.25) is 5.02 Å². The zero-order chi connectivity index (χ0) is 15.7. The third-order valence-corrected chi connectivity index (χ3v) is 4.64. The van der Waals surface area contributed by atoms with Crippen molar-refractivity contribution in [3.63, 3.8) is 0 Å². The predicted octanol–water partition coefficient (Wildman–Crippen LogP) is 3.04. The lowest BCUT2D eigenvalue weighted by Crippen LogP contribution is -2.49. The number of nitrogens with zero attached hydrogens (tertiary/aromatic N) is 3. The number of imidazole rings is 1. The summed E-state index contributed by atoms with van der Waals surface area (Å²) >= 11 is 9.61.